The fourth-order valence-corrected chi connectivity index (χ4v) is 2.07. The van der Waals surface area contributed by atoms with Gasteiger partial charge in [-0.05, 0) is 32.9 Å². The summed E-state index contributed by atoms with van der Waals surface area (Å²) in [6.07, 6.45) is -0.724. The number of halogens is 2. The van der Waals surface area contributed by atoms with Gasteiger partial charge < -0.3 is 10.0 Å². The summed E-state index contributed by atoms with van der Waals surface area (Å²) < 4.78 is 13.6. The van der Waals surface area contributed by atoms with Crippen molar-refractivity contribution in [2.75, 3.05) is 6.54 Å². The number of carbonyl (C=O) groups is 1. The van der Waals surface area contributed by atoms with Gasteiger partial charge in [0, 0.05) is 23.2 Å². The molecule has 0 aliphatic rings. The minimum Gasteiger partial charge on any atom is -0.392 e. The first-order valence-corrected chi connectivity index (χ1v) is 6.61. The van der Waals surface area contributed by atoms with Gasteiger partial charge in [0.05, 0.1) is 12.5 Å². The van der Waals surface area contributed by atoms with Crippen LogP contribution in [0, 0.1) is 5.82 Å². The summed E-state index contributed by atoms with van der Waals surface area (Å²) in [6, 6.07) is 4.28. The van der Waals surface area contributed by atoms with Gasteiger partial charge in [-0.3, -0.25) is 4.79 Å². The van der Waals surface area contributed by atoms with Gasteiger partial charge in [-0.2, -0.15) is 0 Å². The first kappa shape index (κ1) is 15.9. The summed E-state index contributed by atoms with van der Waals surface area (Å²) in [7, 11) is 0. The lowest BCUT2D eigenvalue weighted by Gasteiger charge is -2.28. The topological polar surface area (TPSA) is 40.5 Å². The Kier molecular flexibility index (Phi) is 5.76. The molecule has 0 fully saturated rings. The zero-order chi connectivity index (χ0) is 14.6. The SMILES string of the molecule is CC(O)CN(C(=O)Cc1c(F)cccc1Cl)C(C)C. The molecule has 1 aromatic carbocycles. The Hall–Kier alpha value is -1.13. The number of benzene rings is 1. The lowest BCUT2D eigenvalue weighted by molar-refractivity contribution is -0.133. The van der Waals surface area contributed by atoms with Crippen LogP contribution in [0.15, 0.2) is 18.2 Å². The van der Waals surface area contributed by atoms with E-state index in [4.69, 9.17) is 11.6 Å². The normalized spacial score (nSPS) is 12.6. The Balaban J connectivity index is 2.87. The maximum Gasteiger partial charge on any atom is 0.227 e. The predicted octanol–water partition coefficient (Wildman–Crippen LogP) is 2.64. The molecule has 0 heterocycles. The third-order valence-corrected chi connectivity index (χ3v) is 3.15. The molecule has 1 aromatic rings. The number of hydrogen-bond acceptors (Lipinski definition) is 2. The molecule has 0 aromatic heterocycles. The van der Waals surface area contributed by atoms with Crippen LogP contribution in [0.3, 0.4) is 0 Å². The molecule has 1 amide bonds. The summed E-state index contributed by atoms with van der Waals surface area (Å²) in [5.74, 6) is -0.732. The third kappa shape index (κ3) is 4.48. The second-order valence-corrected chi connectivity index (χ2v) is 5.27. The summed E-state index contributed by atoms with van der Waals surface area (Å²) in [5, 5.41) is 9.65. The molecular formula is C14H19ClFNO2. The number of carbonyl (C=O) groups excluding carboxylic acids is 1. The first-order valence-electron chi connectivity index (χ1n) is 6.23. The van der Waals surface area contributed by atoms with Gasteiger partial charge in [0.15, 0.2) is 0 Å². The lowest BCUT2D eigenvalue weighted by atomic mass is 10.1. The van der Waals surface area contributed by atoms with Crippen molar-refractivity contribution in [3.05, 3.63) is 34.6 Å². The van der Waals surface area contributed by atoms with E-state index in [0.717, 1.165) is 0 Å². The summed E-state index contributed by atoms with van der Waals surface area (Å²) in [6.45, 7) is 5.54. The smallest absolute Gasteiger partial charge is 0.227 e. The van der Waals surface area contributed by atoms with E-state index >= 15 is 0 Å². The Bertz CT molecular complexity index is 429. The van der Waals surface area contributed by atoms with E-state index in [0.29, 0.717) is 0 Å². The van der Waals surface area contributed by atoms with Crippen LogP contribution in [0.5, 0.6) is 0 Å². The van der Waals surface area contributed by atoms with Gasteiger partial charge in [0.1, 0.15) is 5.82 Å². The fourth-order valence-electron chi connectivity index (χ4n) is 1.84. The number of hydrogen-bond donors (Lipinski definition) is 1. The highest BCUT2D eigenvalue weighted by atomic mass is 35.5. The predicted molar refractivity (Wildman–Crippen MR) is 73.6 cm³/mol. The van der Waals surface area contributed by atoms with E-state index < -0.39 is 11.9 Å². The second-order valence-electron chi connectivity index (χ2n) is 4.87. The highest BCUT2D eigenvalue weighted by Gasteiger charge is 2.21. The molecule has 0 saturated carbocycles. The van der Waals surface area contributed by atoms with E-state index in [9.17, 15) is 14.3 Å². The fraction of sp³-hybridized carbons (Fsp3) is 0.500. The molecule has 0 bridgehead atoms. The molecule has 0 radical (unpaired) electrons. The standard InChI is InChI=1S/C14H19ClFNO2/c1-9(2)17(8-10(3)18)14(19)7-11-12(15)5-4-6-13(11)16/h4-6,9-10,18H,7-8H2,1-3H3. The van der Waals surface area contributed by atoms with Crippen molar-refractivity contribution in [3.8, 4) is 0 Å². The zero-order valence-corrected chi connectivity index (χ0v) is 12.1. The maximum atomic E-state index is 13.6. The monoisotopic (exact) mass is 287 g/mol. The molecule has 5 heteroatoms. The average Bonchev–Trinajstić information content (AvgIpc) is 2.30. The van der Waals surface area contributed by atoms with Crippen molar-refractivity contribution >= 4 is 17.5 Å². The molecule has 106 valence electrons. The molecule has 1 N–H and O–H groups in total. The van der Waals surface area contributed by atoms with Crippen LogP contribution in [0.4, 0.5) is 4.39 Å². The molecule has 1 unspecified atom stereocenters. The van der Waals surface area contributed by atoms with Gasteiger partial charge in [0.25, 0.3) is 0 Å². The van der Waals surface area contributed by atoms with Crippen molar-refractivity contribution in [2.24, 2.45) is 0 Å². The van der Waals surface area contributed by atoms with Crippen LogP contribution >= 0.6 is 11.6 Å². The minimum absolute atomic E-state index is 0.0624. The molecule has 0 saturated heterocycles. The number of rotatable bonds is 5. The summed E-state index contributed by atoms with van der Waals surface area (Å²) in [4.78, 5) is 13.7. The van der Waals surface area contributed by atoms with Crippen LogP contribution in [-0.4, -0.2) is 34.6 Å². The van der Waals surface area contributed by atoms with Gasteiger partial charge in [0.2, 0.25) is 5.91 Å². The zero-order valence-electron chi connectivity index (χ0n) is 11.4. The molecule has 0 spiro atoms. The number of aliphatic hydroxyl groups is 1. The minimum atomic E-state index is -0.623. The van der Waals surface area contributed by atoms with Crippen LogP contribution in [0.25, 0.3) is 0 Å². The van der Waals surface area contributed by atoms with Crippen LogP contribution < -0.4 is 0 Å². The molecule has 0 aliphatic carbocycles. The Labute approximate surface area is 118 Å². The highest BCUT2D eigenvalue weighted by Crippen LogP contribution is 2.20. The maximum absolute atomic E-state index is 13.6. The van der Waals surface area contributed by atoms with Crippen LogP contribution in [-0.2, 0) is 11.2 Å². The second kappa shape index (κ2) is 6.87. The number of nitrogens with zero attached hydrogens (tertiary/aromatic N) is 1. The van der Waals surface area contributed by atoms with Crippen molar-refractivity contribution in [1.82, 2.24) is 4.90 Å². The Morgan fingerprint density at radius 3 is 2.53 bits per heavy atom. The average molecular weight is 288 g/mol. The van der Waals surface area contributed by atoms with Crippen LogP contribution in [0.1, 0.15) is 26.3 Å². The van der Waals surface area contributed by atoms with E-state index in [1.54, 1.807) is 13.0 Å². The van der Waals surface area contributed by atoms with E-state index in [1.165, 1.54) is 17.0 Å². The van der Waals surface area contributed by atoms with Crippen molar-refractivity contribution in [1.29, 1.82) is 0 Å². The quantitative estimate of drug-likeness (QED) is 0.904. The van der Waals surface area contributed by atoms with Crippen molar-refractivity contribution in [2.45, 2.75) is 39.3 Å². The van der Waals surface area contributed by atoms with Crippen molar-refractivity contribution in [3.63, 3.8) is 0 Å². The third-order valence-electron chi connectivity index (χ3n) is 2.79. The molecular weight excluding hydrogens is 269 g/mol. The van der Waals surface area contributed by atoms with Crippen molar-refractivity contribution < 1.29 is 14.3 Å². The Morgan fingerprint density at radius 1 is 1.42 bits per heavy atom. The first-order chi connectivity index (χ1) is 8.82. The number of amides is 1. The Morgan fingerprint density at radius 2 is 2.05 bits per heavy atom. The highest BCUT2D eigenvalue weighted by molar-refractivity contribution is 6.31. The summed E-state index contributed by atoms with van der Waals surface area (Å²) >= 11 is 5.90. The molecule has 19 heavy (non-hydrogen) atoms. The van der Waals surface area contributed by atoms with Gasteiger partial charge in [-0.15, -0.1) is 0 Å². The van der Waals surface area contributed by atoms with Gasteiger partial charge >= 0.3 is 0 Å². The van der Waals surface area contributed by atoms with E-state index in [1.807, 2.05) is 13.8 Å². The summed E-state index contributed by atoms with van der Waals surface area (Å²) in [5.41, 5.74) is 0.199. The van der Waals surface area contributed by atoms with Crippen LogP contribution in [0.2, 0.25) is 5.02 Å². The lowest BCUT2D eigenvalue weighted by Crippen LogP contribution is -2.42. The van der Waals surface area contributed by atoms with Gasteiger partial charge in [-0.1, -0.05) is 17.7 Å². The molecule has 0 aliphatic heterocycles. The van der Waals surface area contributed by atoms with E-state index in [-0.39, 0.29) is 35.5 Å². The number of aliphatic hydroxyl groups excluding tert-OH is 1. The molecule has 1 atom stereocenters. The molecule has 1 rings (SSSR count). The van der Waals surface area contributed by atoms with Gasteiger partial charge in [-0.25, -0.2) is 4.39 Å². The van der Waals surface area contributed by atoms with E-state index in [2.05, 4.69) is 0 Å². The largest absolute Gasteiger partial charge is 0.392 e. The molecule has 3 nitrogen and oxygen atoms in total.